The number of rotatable bonds is 10. The minimum atomic E-state index is -1.20. The summed E-state index contributed by atoms with van der Waals surface area (Å²) < 4.78 is 5.33. The van der Waals surface area contributed by atoms with Crippen LogP contribution in [-0.2, 0) is 23.9 Å². The van der Waals surface area contributed by atoms with Gasteiger partial charge >= 0.3 is 12.1 Å². The third-order valence-electron chi connectivity index (χ3n) is 5.12. The van der Waals surface area contributed by atoms with Crippen molar-refractivity contribution in [2.45, 2.75) is 71.1 Å². The molecule has 0 aromatic heterocycles. The summed E-state index contributed by atoms with van der Waals surface area (Å²) in [5, 5.41) is 17.0. The summed E-state index contributed by atoms with van der Waals surface area (Å²) in [7, 11) is 1.57. The third kappa shape index (κ3) is 8.81. The molecule has 1 rings (SSSR count). The van der Waals surface area contributed by atoms with E-state index in [1.165, 1.54) is 4.90 Å². The molecule has 4 N–H and O–H groups in total. The lowest BCUT2D eigenvalue weighted by Gasteiger charge is -2.35. The van der Waals surface area contributed by atoms with Gasteiger partial charge in [-0.05, 0) is 53.0 Å². The summed E-state index contributed by atoms with van der Waals surface area (Å²) in [6.45, 7) is 7.30. The molecule has 0 spiro atoms. The number of carboxylic acids is 1. The van der Waals surface area contributed by atoms with Crippen LogP contribution in [0.2, 0.25) is 0 Å². The first-order chi connectivity index (χ1) is 14.9. The van der Waals surface area contributed by atoms with E-state index in [0.29, 0.717) is 38.8 Å². The van der Waals surface area contributed by atoms with Crippen molar-refractivity contribution in [2.24, 2.45) is 5.92 Å². The van der Waals surface area contributed by atoms with Crippen molar-refractivity contribution in [3.05, 3.63) is 0 Å². The van der Waals surface area contributed by atoms with E-state index in [9.17, 15) is 29.1 Å². The number of ether oxygens (including phenoxy) is 1. The lowest BCUT2D eigenvalue weighted by atomic mass is 9.89. The zero-order valence-electron chi connectivity index (χ0n) is 19.5. The first kappa shape index (κ1) is 27.3. The Bertz CT molecular complexity index is 697. The summed E-state index contributed by atoms with van der Waals surface area (Å²) in [5.74, 6) is -3.86. The van der Waals surface area contributed by atoms with Crippen LogP contribution in [0.25, 0.3) is 0 Å². The quantitative estimate of drug-likeness (QED) is 0.342. The second-order valence-electron chi connectivity index (χ2n) is 8.87. The number of carboxylic acid groups (broad SMARTS) is 1. The number of Topliss-reactive ketones (excluding diaryl/α,β-unsaturated/α-hetero) is 1. The van der Waals surface area contributed by atoms with Gasteiger partial charge in [-0.25, -0.2) is 9.59 Å². The van der Waals surface area contributed by atoms with Crippen LogP contribution in [0.1, 0.15) is 53.4 Å². The fourth-order valence-electron chi connectivity index (χ4n) is 3.45. The minimum Gasteiger partial charge on any atom is -0.480 e. The summed E-state index contributed by atoms with van der Waals surface area (Å²) in [6, 6.07) is -1.80. The molecule has 1 aliphatic rings. The van der Waals surface area contributed by atoms with Crippen molar-refractivity contribution in [3.63, 3.8) is 0 Å². The van der Waals surface area contributed by atoms with Crippen molar-refractivity contribution in [2.75, 3.05) is 26.7 Å². The Hall–Kier alpha value is -2.69. The number of aliphatic carboxylic acids is 1. The first-order valence-corrected chi connectivity index (χ1v) is 10.9. The summed E-state index contributed by atoms with van der Waals surface area (Å²) in [6.07, 6.45) is 1.49. The molecule has 11 nitrogen and oxygen atoms in total. The lowest BCUT2D eigenvalue weighted by molar-refractivity contribution is -0.144. The van der Waals surface area contributed by atoms with Gasteiger partial charge in [0, 0.05) is 13.1 Å². The zero-order valence-corrected chi connectivity index (χ0v) is 19.5. The molecule has 0 radical (unpaired) electrons. The van der Waals surface area contributed by atoms with Gasteiger partial charge in [-0.15, -0.1) is 0 Å². The fourth-order valence-corrected chi connectivity index (χ4v) is 3.45. The second-order valence-corrected chi connectivity index (χ2v) is 8.87. The monoisotopic (exact) mass is 456 g/mol. The molecule has 2 atom stereocenters. The number of ketones is 1. The highest BCUT2D eigenvalue weighted by atomic mass is 16.6. The molecule has 1 aliphatic heterocycles. The number of likely N-dealkylation sites (N-methyl/N-ethyl adjacent to an activating group) is 1. The van der Waals surface area contributed by atoms with Crippen LogP contribution < -0.4 is 16.0 Å². The highest BCUT2D eigenvalue weighted by Crippen LogP contribution is 2.22. The van der Waals surface area contributed by atoms with E-state index in [2.05, 4.69) is 16.0 Å². The largest absolute Gasteiger partial charge is 0.480 e. The molecule has 0 aliphatic carbocycles. The van der Waals surface area contributed by atoms with Crippen molar-refractivity contribution in [3.8, 4) is 0 Å². The van der Waals surface area contributed by atoms with Gasteiger partial charge in [0.05, 0.1) is 12.6 Å². The summed E-state index contributed by atoms with van der Waals surface area (Å²) >= 11 is 0. The van der Waals surface area contributed by atoms with Gasteiger partial charge in [0.25, 0.3) is 5.91 Å². The number of nitrogens with one attached hydrogen (secondary N) is 3. The zero-order chi connectivity index (χ0) is 24.5. The average molecular weight is 457 g/mol. The lowest BCUT2D eigenvalue weighted by Crippen LogP contribution is -2.53. The molecule has 1 saturated heterocycles. The Morgan fingerprint density at radius 3 is 2.19 bits per heavy atom. The number of amides is 3. The van der Waals surface area contributed by atoms with Crippen molar-refractivity contribution >= 4 is 29.7 Å². The molecule has 0 aromatic carbocycles. The Balaban J connectivity index is 2.57. The summed E-state index contributed by atoms with van der Waals surface area (Å²) in [5.41, 5.74) is -0.624. The third-order valence-corrected chi connectivity index (χ3v) is 5.12. The first-order valence-electron chi connectivity index (χ1n) is 10.9. The van der Waals surface area contributed by atoms with Gasteiger partial charge in [-0.2, -0.15) is 0 Å². The Labute approximate surface area is 188 Å². The maximum Gasteiger partial charge on any atom is 0.410 e. The number of nitrogens with zero attached hydrogens (tertiary/aromatic N) is 1. The smallest absolute Gasteiger partial charge is 0.410 e. The summed E-state index contributed by atoms with van der Waals surface area (Å²) in [4.78, 5) is 61.7. The predicted molar refractivity (Wildman–Crippen MR) is 116 cm³/mol. The molecule has 0 aromatic rings. The van der Waals surface area contributed by atoms with Gasteiger partial charge in [-0.1, -0.05) is 13.3 Å². The number of piperidine rings is 1. The van der Waals surface area contributed by atoms with Crippen LogP contribution in [0.15, 0.2) is 0 Å². The van der Waals surface area contributed by atoms with Gasteiger partial charge in [0.1, 0.15) is 11.6 Å². The Morgan fingerprint density at radius 2 is 1.72 bits per heavy atom. The molecule has 2 unspecified atom stereocenters. The predicted octanol–water partition coefficient (Wildman–Crippen LogP) is 0.276. The van der Waals surface area contributed by atoms with Crippen LogP contribution in [0.5, 0.6) is 0 Å². The number of carbonyl (C=O) groups is 5. The van der Waals surface area contributed by atoms with Crippen molar-refractivity contribution in [1.29, 1.82) is 0 Å². The van der Waals surface area contributed by atoms with E-state index in [0.717, 1.165) is 0 Å². The maximum atomic E-state index is 12.2. The molecule has 32 heavy (non-hydrogen) atoms. The number of carbonyl (C=O) groups excluding carboxylic acids is 4. The van der Waals surface area contributed by atoms with Crippen LogP contribution in [0.3, 0.4) is 0 Å². The SMILES string of the molecule is CCCC(NC)C(=O)C(=O)NCC(=O)NC(C(=O)O)C1CCN(C(=O)OC(C)(C)C)CC1. The molecular weight excluding hydrogens is 420 g/mol. The fraction of sp³-hybridized carbons (Fsp3) is 0.762. The van der Waals surface area contributed by atoms with Crippen molar-refractivity contribution in [1.82, 2.24) is 20.9 Å². The standard InChI is InChI=1S/C21H36N4O7/c1-6-7-14(22-5)17(27)18(28)23-12-15(26)24-16(19(29)30)13-8-10-25(11-9-13)20(31)32-21(2,3)4/h13-14,16,22H,6-12H2,1-5H3,(H,23,28)(H,24,26)(H,29,30). The minimum absolute atomic E-state index is 0.313. The molecule has 182 valence electrons. The van der Waals surface area contributed by atoms with Crippen LogP contribution in [0.4, 0.5) is 4.79 Å². The number of likely N-dealkylation sites (tertiary alicyclic amines) is 1. The molecular formula is C21H36N4O7. The molecule has 3 amide bonds. The van der Waals surface area contributed by atoms with Crippen LogP contribution >= 0.6 is 0 Å². The van der Waals surface area contributed by atoms with E-state index in [4.69, 9.17) is 4.74 Å². The van der Waals surface area contributed by atoms with E-state index in [1.54, 1.807) is 27.8 Å². The van der Waals surface area contributed by atoms with Crippen LogP contribution in [0, 0.1) is 5.92 Å². The van der Waals surface area contributed by atoms with Gasteiger partial charge in [0.2, 0.25) is 11.7 Å². The van der Waals surface area contributed by atoms with Crippen LogP contribution in [-0.4, -0.2) is 84.0 Å². The van der Waals surface area contributed by atoms with Crippen molar-refractivity contribution < 1.29 is 33.8 Å². The molecule has 11 heteroatoms. The molecule has 1 heterocycles. The van der Waals surface area contributed by atoms with E-state index >= 15 is 0 Å². The molecule has 0 bridgehead atoms. The van der Waals surface area contributed by atoms with Gasteiger partial charge in [-0.3, -0.25) is 14.4 Å². The maximum absolute atomic E-state index is 12.2. The van der Waals surface area contributed by atoms with E-state index < -0.39 is 53.9 Å². The Morgan fingerprint density at radius 1 is 1.12 bits per heavy atom. The van der Waals surface area contributed by atoms with Gasteiger partial charge in [0.15, 0.2) is 0 Å². The van der Waals surface area contributed by atoms with E-state index in [1.807, 2.05) is 6.92 Å². The highest BCUT2D eigenvalue weighted by molar-refractivity contribution is 6.38. The number of hydrogen-bond donors (Lipinski definition) is 4. The average Bonchev–Trinajstić information content (AvgIpc) is 2.72. The number of hydrogen-bond acceptors (Lipinski definition) is 7. The normalized spacial score (nSPS) is 16.6. The topological polar surface area (TPSA) is 154 Å². The van der Waals surface area contributed by atoms with Gasteiger partial charge < -0.3 is 30.7 Å². The Kier molecular flexibility index (Phi) is 10.6. The second kappa shape index (κ2) is 12.4. The highest BCUT2D eigenvalue weighted by Gasteiger charge is 2.35. The molecule has 0 saturated carbocycles. The molecule has 1 fully saturated rings. The van der Waals surface area contributed by atoms with E-state index in [-0.39, 0.29) is 5.92 Å².